The first kappa shape index (κ1) is 28.2. The monoisotopic (exact) mass is 584 g/mol. The van der Waals surface area contributed by atoms with E-state index in [0.29, 0.717) is 12.6 Å². The third-order valence-electron chi connectivity index (χ3n) is 8.78. The minimum Gasteiger partial charge on any atom is -0.489 e. The van der Waals surface area contributed by atoms with Crippen LogP contribution < -0.4 is 20.0 Å². The predicted octanol–water partition coefficient (Wildman–Crippen LogP) is 6.96. The minimum atomic E-state index is 0.395. The average Bonchev–Trinajstić information content (AvgIpc) is 3.09. The Morgan fingerprint density at radius 1 is 0.682 bits per heavy atom. The number of aromatic nitrogens is 2. The van der Waals surface area contributed by atoms with Gasteiger partial charge in [0.2, 0.25) is 5.95 Å². The Morgan fingerprint density at radius 2 is 1.36 bits per heavy atom. The minimum absolute atomic E-state index is 0.395. The Bertz CT molecular complexity index is 1640. The maximum Gasteiger partial charge on any atom is 0.228 e. The molecule has 0 aliphatic carbocycles. The molecule has 0 amide bonds. The van der Waals surface area contributed by atoms with Crippen LogP contribution in [0.15, 0.2) is 109 Å². The fourth-order valence-electron chi connectivity index (χ4n) is 6.34. The van der Waals surface area contributed by atoms with Crippen LogP contribution in [-0.4, -0.2) is 53.7 Å². The maximum atomic E-state index is 6.23. The van der Waals surface area contributed by atoms with Crippen LogP contribution in [0.2, 0.25) is 0 Å². The molecule has 7 heteroatoms. The van der Waals surface area contributed by atoms with E-state index in [4.69, 9.17) is 14.7 Å². The molecule has 44 heavy (non-hydrogen) atoms. The van der Waals surface area contributed by atoms with Gasteiger partial charge in [-0.05, 0) is 60.7 Å². The summed E-state index contributed by atoms with van der Waals surface area (Å²) in [6.07, 6.45) is 4.58. The van der Waals surface area contributed by atoms with E-state index >= 15 is 0 Å². The zero-order chi connectivity index (χ0) is 29.6. The largest absolute Gasteiger partial charge is 0.489 e. The average molecular weight is 585 g/mol. The van der Waals surface area contributed by atoms with Gasteiger partial charge in [0.25, 0.3) is 0 Å². The molecule has 2 aliphatic rings. The third kappa shape index (κ3) is 6.63. The fourth-order valence-corrected chi connectivity index (χ4v) is 6.34. The lowest BCUT2D eigenvalue weighted by molar-refractivity contribution is 0.181. The van der Waals surface area contributed by atoms with E-state index in [2.05, 4.69) is 105 Å². The van der Waals surface area contributed by atoms with Gasteiger partial charge in [0.05, 0.1) is 5.52 Å². The van der Waals surface area contributed by atoms with Crippen LogP contribution in [-0.2, 0) is 13.0 Å². The second kappa shape index (κ2) is 13.3. The number of piperazine rings is 1. The van der Waals surface area contributed by atoms with Gasteiger partial charge in [0.15, 0.2) is 5.82 Å². The second-order valence-electron chi connectivity index (χ2n) is 11.8. The second-order valence-corrected chi connectivity index (χ2v) is 11.8. The molecule has 0 spiro atoms. The number of benzene rings is 4. The number of rotatable bonds is 9. The molecule has 0 saturated carbocycles. The van der Waals surface area contributed by atoms with Gasteiger partial charge < -0.3 is 20.0 Å². The number of hydrogen-bond donors (Lipinski definition) is 1. The number of fused-ring (bicyclic) bond motifs is 1. The summed E-state index contributed by atoms with van der Waals surface area (Å²) < 4.78 is 6.23. The highest BCUT2D eigenvalue weighted by Crippen LogP contribution is 2.31. The van der Waals surface area contributed by atoms with Crippen molar-refractivity contribution in [1.82, 2.24) is 15.0 Å². The number of hydrogen-bond acceptors (Lipinski definition) is 7. The smallest absolute Gasteiger partial charge is 0.228 e. The Kier molecular flexibility index (Phi) is 8.55. The summed E-state index contributed by atoms with van der Waals surface area (Å²) in [7, 11) is 0. The maximum absolute atomic E-state index is 6.23. The predicted molar refractivity (Wildman–Crippen MR) is 179 cm³/mol. The number of hydrazine groups is 1. The Labute approximate surface area is 260 Å². The van der Waals surface area contributed by atoms with Gasteiger partial charge in [0, 0.05) is 49.8 Å². The fraction of sp³-hybridized carbons (Fsp3) is 0.297. The molecule has 7 nitrogen and oxygen atoms in total. The Hall–Kier alpha value is -4.62. The van der Waals surface area contributed by atoms with Crippen LogP contribution in [0.1, 0.15) is 30.4 Å². The Morgan fingerprint density at radius 3 is 2.11 bits per heavy atom. The molecule has 2 fully saturated rings. The quantitative estimate of drug-likeness (QED) is 0.201. The summed E-state index contributed by atoms with van der Waals surface area (Å²) in [6, 6.07) is 38.4. The van der Waals surface area contributed by atoms with E-state index in [-0.39, 0.29) is 0 Å². The SMILES string of the molecule is c1ccc(COc2ccc3nc(N4CCN(c5ccccc5)CC4)nc(NN4CCCCC4Cc4ccccc4)c3c2)cc1. The van der Waals surface area contributed by atoms with E-state index in [9.17, 15) is 0 Å². The van der Waals surface area contributed by atoms with E-state index in [1.807, 2.05) is 24.3 Å². The first-order valence-electron chi connectivity index (χ1n) is 15.9. The van der Waals surface area contributed by atoms with Crippen LogP contribution in [0.4, 0.5) is 17.5 Å². The van der Waals surface area contributed by atoms with Crippen molar-refractivity contribution in [3.63, 3.8) is 0 Å². The van der Waals surface area contributed by atoms with Gasteiger partial charge in [-0.25, -0.2) is 9.99 Å². The van der Waals surface area contributed by atoms with E-state index in [1.165, 1.54) is 24.1 Å². The van der Waals surface area contributed by atoms with Crippen molar-refractivity contribution in [3.8, 4) is 5.75 Å². The Balaban J connectivity index is 1.16. The van der Waals surface area contributed by atoms with Crippen molar-refractivity contribution >= 4 is 28.4 Å². The highest BCUT2D eigenvalue weighted by atomic mass is 16.5. The number of ether oxygens (including phenoxy) is 1. The van der Waals surface area contributed by atoms with Crippen molar-refractivity contribution in [2.24, 2.45) is 0 Å². The molecule has 4 aromatic carbocycles. The standard InChI is InChI=1S/C37H40N6O/c1-4-12-29(13-5-1)26-32-18-10-11-21-43(32)40-36-34-27-33(44-28-30-14-6-2-7-15-30)19-20-35(34)38-37(39-36)42-24-22-41(23-25-42)31-16-8-3-9-17-31/h1-9,12-17,19-20,27,32H,10-11,18,21-26,28H2,(H,38,39,40). The molecule has 7 rings (SSSR count). The van der Waals surface area contributed by atoms with Crippen molar-refractivity contribution in [2.75, 3.05) is 47.9 Å². The van der Waals surface area contributed by atoms with E-state index in [1.54, 1.807) is 0 Å². The molecule has 0 bridgehead atoms. The molecule has 5 aromatic rings. The van der Waals surface area contributed by atoms with Gasteiger partial charge in [-0.1, -0.05) is 85.3 Å². The van der Waals surface area contributed by atoms with Crippen LogP contribution in [0.25, 0.3) is 10.9 Å². The molecular formula is C37H40N6O. The lowest BCUT2D eigenvalue weighted by atomic mass is 9.97. The lowest BCUT2D eigenvalue weighted by Gasteiger charge is -2.38. The van der Waals surface area contributed by atoms with Gasteiger partial charge in [-0.2, -0.15) is 4.98 Å². The van der Waals surface area contributed by atoms with Crippen molar-refractivity contribution in [2.45, 2.75) is 38.3 Å². The summed E-state index contributed by atoms with van der Waals surface area (Å²) in [6.45, 7) is 5.12. The molecule has 2 aliphatic heterocycles. The number of nitrogens with zero attached hydrogens (tertiary/aromatic N) is 5. The van der Waals surface area contributed by atoms with Crippen LogP contribution in [0.5, 0.6) is 5.75 Å². The first-order chi connectivity index (χ1) is 21.8. The number of piperidine rings is 1. The first-order valence-corrected chi connectivity index (χ1v) is 15.9. The lowest BCUT2D eigenvalue weighted by Crippen LogP contribution is -2.47. The van der Waals surface area contributed by atoms with Crippen molar-refractivity contribution < 1.29 is 4.74 Å². The third-order valence-corrected chi connectivity index (χ3v) is 8.78. The van der Waals surface area contributed by atoms with Crippen LogP contribution in [0, 0.1) is 0 Å². The number of para-hydroxylation sites is 1. The molecule has 3 heterocycles. The summed E-state index contributed by atoms with van der Waals surface area (Å²) >= 11 is 0. The number of nitrogens with one attached hydrogen (secondary N) is 1. The zero-order valence-corrected chi connectivity index (χ0v) is 25.2. The summed E-state index contributed by atoms with van der Waals surface area (Å²) in [5.74, 6) is 2.44. The molecule has 0 radical (unpaired) electrons. The van der Waals surface area contributed by atoms with Crippen LogP contribution in [0.3, 0.4) is 0 Å². The molecular weight excluding hydrogens is 544 g/mol. The van der Waals surface area contributed by atoms with Gasteiger partial charge in [-0.15, -0.1) is 0 Å². The highest BCUT2D eigenvalue weighted by molar-refractivity contribution is 5.91. The molecule has 1 aromatic heterocycles. The summed E-state index contributed by atoms with van der Waals surface area (Å²) in [5.41, 5.74) is 8.50. The van der Waals surface area contributed by atoms with E-state index in [0.717, 1.165) is 79.5 Å². The molecule has 1 atom stereocenters. The molecule has 224 valence electrons. The van der Waals surface area contributed by atoms with E-state index < -0.39 is 0 Å². The molecule has 1 unspecified atom stereocenters. The van der Waals surface area contributed by atoms with Crippen molar-refractivity contribution in [3.05, 3.63) is 120 Å². The highest BCUT2D eigenvalue weighted by Gasteiger charge is 2.26. The number of anilines is 3. The van der Waals surface area contributed by atoms with Gasteiger partial charge >= 0.3 is 0 Å². The molecule has 2 saturated heterocycles. The van der Waals surface area contributed by atoms with Gasteiger partial charge in [-0.3, -0.25) is 0 Å². The van der Waals surface area contributed by atoms with Gasteiger partial charge in [0.1, 0.15) is 12.4 Å². The van der Waals surface area contributed by atoms with Crippen LogP contribution >= 0.6 is 0 Å². The summed E-state index contributed by atoms with van der Waals surface area (Å²) in [5, 5.41) is 3.39. The normalized spacial score (nSPS) is 17.5. The topological polar surface area (TPSA) is 56.8 Å². The summed E-state index contributed by atoms with van der Waals surface area (Å²) in [4.78, 5) is 15.0. The molecule has 1 N–H and O–H groups in total. The zero-order valence-electron chi connectivity index (χ0n) is 25.2. The van der Waals surface area contributed by atoms with Crippen molar-refractivity contribution in [1.29, 1.82) is 0 Å².